The van der Waals surface area contributed by atoms with E-state index >= 15 is 0 Å². The minimum absolute atomic E-state index is 0.148. The van der Waals surface area contributed by atoms with Crippen LogP contribution >= 0.6 is 0 Å². The maximum Gasteiger partial charge on any atom is 0.263 e. The normalized spacial score (nSPS) is 12.0. The van der Waals surface area contributed by atoms with Gasteiger partial charge in [-0.05, 0) is 19.8 Å². The van der Waals surface area contributed by atoms with Crippen LogP contribution in [-0.2, 0) is 0 Å². The van der Waals surface area contributed by atoms with E-state index in [-0.39, 0.29) is 5.54 Å². The van der Waals surface area contributed by atoms with Crippen molar-refractivity contribution in [1.29, 1.82) is 0 Å². The van der Waals surface area contributed by atoms with Gasteiger partial charge in [0.1, 0.15) is 17.5 Å². The van der Waals surface area contributed by atoms with E-state index in [1.807, 2.05) is 6.92 Å². The molecule has 18 heavy (non-hydrogen) atoms. The molecule has 0 aliphatic heterocycles. The predicted octanol–water partition coefficient (Wildman–Crippen LogP) is 1.86. The quantitative estimate of drug-likeness (QED) is 0.840. The van der Waals surface area contributed by atoms with Crippen molar-refractivity contribution in [3.63, 3.8) is 0 Å². The standard InChI is InChI=1S/C12H19N5O/c1-4-12(5-2,6-13)16-10-9-8(3)17-18-11(9)15-7-14-10/h7H,4-6,13H2,1-3H3,(H,14,15,16). The average molecular weight is 249 g/mol. The summed E-state index contributed by atoms with van der Waals surface area (Å²) in [6.07, 6.45) is 3.33. The fourth-order valence-electron chi connectivity index (χ4n) is 2.03. The summed E-state index contributed by atoms with van der Waals surface area (Å²) in [5.74, 6) is 0.743. The first-order valence-electron chi connectivity index (χ1n) is 6.21. The Labute approximate surface area is 106 Å². The maximum atomic E-state index is 5.89. The molecule has 0 radical (unpaired) electrons. The molecule has 0 amide bonds. The molecule has 0 saturated heterocycles. The Bertz CT molecular complexity index is 524. The lowest BCUT2D eigenvalue weighted by molar-refractivity contribution is 0.441. The zero-order valence-corrected chi connectivity index (χ0v) is 11.0. The number of rotatable bonds is 5. The van der Waals surface area contributed by atoms with Gasteiger partial charge >= 0.3 is 0 Å². The van der Waals surface area contributed by atoms with E-state index in [1.54, 1.807) is 0 Å². The van der Waals surface area contributed by atoms with Crippen LogP contribution in [0.1, 0.15) is 32.4 Å². The van der Waals surface area contributed by atoms with Gasteiger partial charge in [0.05, 0.1) is 11.2 Å². The van der Waals surface area contributed by atoms with Crippen LogP contribution in [0.3, 0.4) is 0 Å². The van der Waals surface area contributed by atoms with Gasteiger partial charge in [0.15, 0.2) is 0 Å². The Hall–Kier alpha value is -1.69. The second-order valence-electron chi connectivity index (χ2n) is 4.49. The Balaban J connectivity index is 2.45. The van der Waals surface area contributed by atoms with Crippen LogP contribution in [0.15, 0.2) is 10.9 Å². The summed E-state index contributed by atoms with van der Waals surface area (Å²) >= 11 is 0. The highest BCUT2D eigenvalue weighted by atomic mass is 16.5. The molecule has 0 bridgehead atoms. The number of hydrogen-bond acceptors (Lipinski definition) is 6. The Morgan fingerprint density at radius 1 is 1.33 bits per heavy atom. The van der Waals surface area contributed by atoms with Crippen molar-refractivity contribution in [3.8, 4) is 0 Å². The van der Waals surface area contributed by atoms with Gasteiger partial charge in [-0.25, -0.2) is 4.98 Å². The predicted molar refractivity (Wildman–Crippen MR) is 70.3 cm³/mol. The third-order valence-electron chi connectivity index (χ3n) is 3.57. The molecule has 98 valence electrons. The fourth-order valence-corrected chi connectivity index (χ4v) is 2.03. The molecule has 0 atom stereocenters. The van der Waals surface area contributed by atoms with Crippen LogP contribution in [0.25, 0.3) is 11.1 Å². The molecule has 0 fully saturated rings. The summed E-state index contributed by atoms with van der Waals surface area (Å²) in [6, 6.07) is 0. The average Bonchev–Trinajstić information content (AvgIpc) is 2.79. The summed E-state index contributed by atoms with van der Waals surface area (Å²) in [7, 11) is 0. The number of nitrogens with two attached hydrogens (primary N) is 1. The number of aromatic nitrogens is 3. The second-order valence-corrected chi connectivity index (χ2v) is 4.49. The van der Waals surface area contributed by atoms with Crippen LogP contribution in [-0.4, -0.2) is 27.2 Å². The van der Waals surface area contributed by atoms with E-state index in [0.717, 1.165) is 29.7 Å². The van der Waals surface area contributed by atoms with Crippen LogP contribution < -0.4 is 11.1 Å². The molecule has 6 nitrogen and oxygen atoms in total. The van der Waals surface area contributed by atoms with E-state index in [0.29, 0.717) is 12.3 Å². The number of nitrogens with one attached hydrogen (secondary N) is 1. The number of nitrogens with zero attached hydrogens (tertiary/aromatic N) is 3. The monoisotopic (exact) mass is 249 g/mol. The minimum Gasteiger partial charge on any atom is -0.363 e. The third kappa shape index (κ3) is 2.03. The number of aryl methyl sites for hydroxylation is 1. The summed E-state index contributed by atoms with van der Waals surface area (Å²) in [5.41, 5.74) is 7.03. The minimum atomic E-state index is -0.148. The summed E-state index contributed by atoms with van der Waals surface area (Å²) < 4.78 is 5.13. The summed E-state index contributed by atoms with van der Waals surface area (Å²) in [5, 5.41) is 8.18. The molecule has 3 N–H and O–H groups in total. The van der Waals surface area contributed by atoms with Crippen molar-refractivity contribution in [1.82, 2.24) is 15.1 Å². The van der Waals surface area contributed by atoms with Gasteiger partial charge in [-0.2, -0.15) is 4.98 Å². The van der Waals surface area contributed by atoms with E-state index in [2.05, 4.69) is 34.3 Å². The third-order valence-corrected chi connectivity index (χ3v) is 3.57. The molecular weight excluding hydrogens is 230 g/mol. The highest BCUT2D eigenvalue weighted by Gasteiger charge is 2.26. The van der Waals surface area contributed by atoms with Gasteiger partial charge in [-0.15, -0.1) is 0 Å². The molecule has 2 aromatic heterocycles. The van der Waals surface area contributed by atoms with Gasteiger partial charge in [0.2, 0.25) is 0 Å². The zero-order chi connectivity index (χ0) is 13.2. The molecule has 2 rings (SSSR count). The first-order chi connectivity index (χ1) is 8.65. The Morgan fingerprint density at radius 2 is 2.06 bits per heavy atom. The zero-order valence-electron chi connectivity index (χ0n) is 11.0. The molecule has 0 aliphatic rings. The van der Waals surface area contributed by atoms with E-state index in [4.69, 9.17) is 10.3 Å². The van der Waals surface area contributed by atoms with E-state index in [1.165, 1.54) is 6.33 Å². The lowest BCUT2D eigenvalue weighted by Gasteiger charge is -2.32. The van der Waals surface area contributed by atoms with Gasteiger partial charge in [0.25, 0.3) is 5.71 Å². The SMILES string of the molecule is CCC(CC)(CN)Nc1ncnc2onc(C)c12. The van der Waals surface area contributed by atoms with Gasteiger partial charge in [-0.1, -0.05) is 19.0 Å². The molecule has 6 heteroatoms. The largest absolute Gasteiger partial charge is 0.363 e. The van der Waals surface area contributed by atoms with Crippen molar-refractivity contribution in [2.24, 2.45) is 5.73 Å². The van der Waals surface area contributed by atoms with Crippen molar-refractivity contribution in [2.45, 2.75) is 39.2 Å². The smallest absolute Gasteiger partial charge is 0.263 e. The first-order valence-corrected chi connectivity index (χ1v) is 6.21. The van der Waals surface area contributed by atoms with Crippen LogP contribution in [0, 0.1) is 6.92 Å². The van der Waals surface area contributed by atoms with Gasteiger partial charge in [-0.3, -0.25) is 0 Å². The Morgan fingerprint density at radius 3 is 2.67 bits per heavy atom. The molecule has 0 unspecified atom stereocenters. The fraction of sp³-hybridized carbons (Fsp3) is 0.583. The second kappa shape index (κ2) is 4.89. The molecule has 0 saturated carbocycles. The number of anilines is 1. The lowest BCUT2D eigenvalue weighted by atomic mass is 9.93. The topological polar surface area (TPSA) is 89.9 Å². The van der Waals surface area contributed by atoms with Crippen LogP contribution in [0.4, 0.5) is 5.82 Å². The molecule has 0 aromatic carbocycles. The summed E-state index contributed by atoms with van der Waals surface area (Å²) in [4.78, 5) is 8.35. The maximum absolute atomic E-state index is 5.89. The molecule has 0 spiro atoms. The number of fused-ring (bicyclic) bond motifs is 1. The lowest BCUT2D eigenvalue weighted by Crippen LogP contribution is -2.44. The highest BCUT2D eigenvalue weighted by Crippen LogP contribution is 2.27. The van der Waals surface area contributed by atoms with Crippen LogP contribution in [0.2, 0.25) is 0 Å². The molecular formula is C12H19N5O. The van der Waals surface area contributed by atoms with Crippen molar-refractivity contribution in [2.75, 3.05) is 11.9 Å². The molecule has 2 aromatic rings. The Kier molecular flexibility index (Phi) is 3.47. The van der Waals surface area contributed by atoms with E-state index in [9.17, 15) is 0 Å². The van der Waals surface area contributed by atoms with Gasteiger partial charge in [0, 0.05) is 6.54 Å². The van der Waals surface area contributed by atoms with E-state index < -0.39 is 0 Å². The molecule has 2 heterocycles. The first kappa shape index (κ1) is 12.8. The van der Waals surface area contributed by atoms with Crippen molar-refractivity contribution < 1.29 is 4.52 Å². The highest BCUT2D eigenvalue weighted by molar-refractivity contribution is 5.87. The summed E-state index contributed by atoms with van der Waals surface area (Å²) in [6.45, 7) is 6.66. The van der Waals surface area contributed by atoms with Crippen LogP contribution in [0.5, 0.6) is 0 Å². The van der Waals surface area contributed by atoms with Crippen molar-refractivity contribution in [3.05, 3.63) is 12.0 Å². The van der Waals surface area contributed by atoms with Gasteiger partial charge < -0.3 is 15.6 Å². The number of hydrogen-bond donors (Lipinski definition) is 2. The molecule has 0 aliphatic carbocycles. The van der Waals surface area contributed by atoms with Crippen molar-refractivity contribution >= 4 is 16.9 Å².